The lowest BCUT2D eigenvalue weighted by Crippen LogP contribution is -2.48. The summed E-state index contributed by atoms with van der Waals surface area (Å²) in [4.78, 5) is 12.1. The van der Waals surface area contributed by atoms with Crippen LogP contribution in [0.5, 0.6) is 0 Å². The number of esters is 1. The Kier molecular flexibility index (Phi) is 7.09. The monoisotopic (exact) mass is 498 g/mol. The Morgan fingerprint density at radius 3 is 2.22 bits per heavy atom. The number of hydrogen-bond acceptors (Lipinski definition) is 3. The van der Waals surface area contributed by atoms with Gasteiger partial charge in [0.05, 0.1) is 19.1 Å². The molecule has 0 radical (unpaired) electrons. The van der Waals surface area contributed by atoms with Gasteiger partial charge < -0.3 is 9.84 Å². The zero-order chi connectivity index (χ0) is 26.0. The molecular formula is C32H33FNO3+. The predicted molar refractivity (Wildman–Crippen MR) is 145 cm³/mol. The minimum atomic E-state index is -0.679. The van der Waals surface area contributed by atoms with Crippen LogP contribution in [0.3, 0.4) is 0 Å². The summed E-state index contributed by atoms with van der Waals surface area (Å²) in [6.07, 6.45) is 2.30. The highest BCUT2D eigenvalue weighted by molar-refractivity contribution is 6.03. The fourth-order valence-corrected chi connectivity index (χ4v) is 5.80. The summed E-state index contributed by atoms with van der Waals surface area (Å²) in [5, 5.41) is 10.2. The van der Waals surface area contributed by atoms with Crippen molar-refractivity contribution in [2.24, 2.45) is 5.92 Å². The summed E-state index contributed by atoms with van der Waals surface area (Å²) in [5.74, 6) is -0.423. The van der Waals surface area contributed by atoms with Crippen molar-refractivity contribution in [2.75, 3.05) is 6.54 Å². The van der Waals surface area contributed by atoms with Crippen LogP contribution in [0, 0.1) is 11.7 Å². The summed E-state index contributed by atoms with van der Waals surface area (Å²) < 4.78 is 20.2. The normalized spacial score (nSPS) is 23.8. The Hall–Kier alpha value is -3.54. The molecule has 0 amide bonds. The van der Waals surface area contributed by atoms with Crippen molar-refractivity contribution >= 4 is 22.9 Å². The molecule has 3 aromatic rings. The van der Waals surface area contributed by atoms with Crippen LogP contribution in [0.25, 0.3) is 11.3 Å². The quantitative estimate of drug-likeness (QED) is 0.291. The Bertz CT molecular complexity index is 1320. The number of cyclic esters (lactones) is 1. The van der Waals surface area contributed by atoms with Crippen LogP contribution in [-0.2, 0) is 9.53 Å². The maximum atomic E-state index is 14.1. The standard InChI is InChI=1S/C32H33FNO3/c1-22(2)30-21-29(23-9-5-3-6-10-23)32(24-13-15-25(33)16-14-24)34(30,26-11-7-4-8-12-26)18-17-28-19-27(35)20-31(36)37-28/h3-16,21-22,27-28,35H,17-20H2,1-2H3/q+1/t27-,28-,34?/m0/s1. The van der Waals surface area contributed by atoms with Crippen molar-refractivity contribution in [1.29, 1.82) is 0 Å². The molecular weight excluding hydrogens is 465 g/mol. The van der Waals surface area contributed by atoms with Crippen molar-refractivity contribution in [2.45, 2.75) is 45.3 Å². The largest absolute Gasteiger partial charge is 0.462 e. The van der Waals surface area contributed by atoms with Crippen LogP contribution in [0.2, 0.25) is 0 Å². The number of carbonyl (C=O) groups excluding carboxylic acids is 1. The van der Waals surface area contributed by atoms with E-state index >= 15 is 0 Å². The number of carbonyl (C=O) groups is 1. The molecule has 2 aliphatic heterocycles. The smallest absolute Gasteiger partial charge is 0.308 e. The number of aliphatic hydroxyl groups excluding tert-OH is 1. The third kappa shape index (κ3) is 4.89. The van der Waals surface area contributed by atoms with Gasteiger partial charge in [0.2, 0.25) is 0 Å². The average molecular weight is 499 g/mol. The Morgan fingerprint density at radius 1 is 0.946 bits per heavy atom. The van der Waals surface area contributed by atoms with Crippen molar-refractivity contribution in [1.82, 2.24) is 4.48 Å². The van der Waals surface area contributed by atoms with Crippen LogP contribution < -0.4 is 4.48 Å². The van der Waals surface area contributed by atoms with E-state index < -0.39 is 6.10 Å². The molecule has 3 atom stereocenters. The highest BCUT2D eigenvalue weighted by Gasteiger charge is 2.48. The van der Waals surface area contributed by atoms with Crippen molar-refractivity contribution < 1.29 is 19.0 Å². The third-order valence-electron chi connectivity index (χ3n) is 7.38. The number of para-hydroxylation sites is 1. The van der Waals surface area contributed by atoms with Gasteiger partial charge in [0.1, 0.15) is 23.3 Å². The molecule has 0 spiro atoms. The van der Waals surface area contributed by atoms with Crippen LogP contribution in [0.4, 0.5) is 10.1 Å². The average Bonchev–Trinajstić information content (AvgIpc) is 3.25. The topological polar surface area (TPSA) is 46.5 Å². The molecule has 0 aliphatic carbocycles. The number of rotatable bonds is 7. The molecule has 3 aromatic carbocycles. The van der Waals surface area contributed by atoms with Crippen molar-refractivity contribution in [3.8, 4) is 0 Å². The molecule has 2 heterocycles. The fraction of sp³-hybridized carbons (Fsp3) is 0.281. The molecule has 5 rings (SSSR count). The zero-order valence-electron chi connectivity index (χ0n) is 21.3. The van der Waals surface area contributed by atoms with Crippen LogP contribution in [0.1, 0.15) is 44.2 Å². The lowest BCUT2D eigenvalue weighted by Gasteiger charge is -2.41. The van der Waals surface area contributed by atoms with E-state index in [1.165, 1.54) is 17.8 Å². The number of benzene rings is 3. The molecule has 1 saturated heterocycles. The van der Waals surface area contributed by atoms with Gasteiger partial charge in [0.15, 0.2) is 5.70 Å². The minimum Gasteiger partial charge on any atom is -0.462 e. The van der Waals surface area contributed by atoms with Gasteiger partial charge in [0, 0.05) is 36.0 Å². The SMILES string of the molecule is CC(C)C1=CC(c2ccccc2)=C(c2ccc(F)cc2)[N+]1(CC[C@H]1C[C@H](O)CC(=O)O1)c1ccccc1. The van der Waals surface area contributed by atoms with E-state index in [1.807, 2.05) is 48.5 Å². The maximum Gasteiger partial charge on any atom is 0.308 e. The van der Waals surface area contributed by atoms with Crippen LogP contribution in [0.15, 0.2) is 96.7 Å². The molecule has 1 N–H and O–H groups in total. The molecule has 5 heteroatoms. The number of hydrogen-bond donors (Lipinski definition) is 1. The van der Waals surface area contributed by atoms with Gasteiger partial charge in [-0.2, -0.15) is 0 Å². The predicted octanol–water partition coefficient (Wildman–Crippen LogP) is 6.71. The van der Waals surface area contributed by atoms with E-state index in [9.17, 15) is 14.3 Å². The van der Waals surface area contributed by atoms with Gasteiger partial charge in [0.25, 0.3) is 0 Å². The second-order valence-corrected chi connectivity index (χ2v) is 10.2. The second kappa shape index (κ2) is 10.4. The first-order valence-corrected chi connectivity index (χ1v) is 13.0. The molecule has 0 aromatic heterocycles. The number of ether oxygens (including phenoxy) is 1. The summed E-state index contributed by atoms with van der Waals surface area (Å²) in [7, 11) is 0. The zero-order valence-corrected chi connectivity index (χ0v) is 21.3. The number of halogens is 1. The first-order valence-electron chi connectivity index (χ1n) is 13.0. The van der Waals surface area contributed by atoms with Gasteiger partial charge in [-0.25, -0.2) is 8.87 Å². The first-order chi connectivity index (χ1) is 17.9. The highest BCUT2D eigenvalue weighted by Crippen LogP contribution is 2.51. The second-order valence-electron chi connectivity index (χ2n) is 10.2. The molecule has 1 unspecified atom stereocenters. The number of nitrogens with zero attached hydrogens (tertiary/aromatic N) is 1. The fourth-order valence-electron chi connectivity index (χ4n) is 5.80. The van der Waals surface area contributed by atoms with Crippen LogP contribution in [-0.4, -0.2) is 29.8 Å². The molecule has 2 aliphatic rings. The van der Waals surface area contributed by atoms with Crippen molar-refractivity contribution in [3.63, 3.8) is 0 Å². The molecule has 37 heavy (non-hydrogen) atoms. The van der Waals surface area contributed by atoms with E-state index in [0.29, 0.717) is 23.9 Å². The first kappa shape index (κ1) is 25.1. The molecule has 1 fully saturated rings. The van der Waals surface area contributed by atoms with Crippen LogP contribution >= 0.6 is 0 Å². The van der Waals surface area contributed by atoms with E-state index in [-0.39, 0.29) is 30.2 Å². The summed E-state index contributed by atoms with van der Waals surface area (Å²) in [6, 6.07) is 27.4. The van der Waals surface area contributed by atoms with E-state index in [1.54, 1.807) is 0 Å². The van der Waals surface area contributed by atoms with E-state index in [4.69, 9.17) is 4.74 Å². The van der Waals surface area contributed by atoms with Gasteiger partial charge >= 0.3 is 5.97 Å². The van der Waals surface area contributed by atoms with Gasteiger partial charge in [-0.05, 0) is 42.0 Å². The summed E-state index contributed by atoms with van der Waals surface area (Å²) >= 11 is 0. The summed E-state index contributed by atoms with van der Waals surface area (Å²) in [5.41, 5.74) is 6.51. The Morgan fingerprint density at radius 2 is 1.59 bits per heavy atom. The Labute approximate surface area is 217 Å². The lowest BCUT2D eigenvalue weighted by molar-refractivity contribution is -0.160. The van der Waals surface area contributed by atoms with E-state index in [0.717, 1.165) is 28.1 Å². The minimum absolute atomic E-state index is 0.0468. The molecule has 0 bridgehead atoms. The number of aliphatic hydroxyl groups is 1. The lowest BCUT2D eigenvalue weighted by atomic mass is 9.97. The van der Waals surface area contributed by atoms with Crippen molar-refractivity contribution in [3.05, 3.63) is 114 Å². The molecule has 190 valence electrons. The van der Waals surface area contributed by atoms with Gasteiger partial charge in [-0.15, -0.1) is 0 Å². The van der Waals surface area contributed by atoms with Gasteiger partial charge in [-0.1, -0.05) is 62.4 Å². The molecule has 0 saturated carbocycles. The van der Waals surface area contributed by atoms with E-state index in [2.05, 4.69) is 44.2 Å². The maximum absolute atomic E-state index is 14.1. The highest BCUT2D eigenvalue weighted by atomic mass is 19.1. The Balaban J connectivity index is 1.73. The number of allylic oxidation sites excluding steroid dienone is 3. The third-order valence-corrected chi connectivity index (χ3v) is 7.38. The summed E-state index contributed by atoms with van der Waals surface area (Å²) in [6.45, 7) is 5.02. The molecule has 4 nitrogen and oxygen atoms in total. The van der Waals surface area contributed by atoms with Gasteiger partial charge in [-0.3, -0.25) is 4.79 Å². The number of quaternary nitrogens is 1.